The van der Waals surface area contributed by atoms with E-state index < -0.39 is 0 Å². The number of halogens is 1. The van der Waals surface area contributed by atoms with Gasteiger partial charge in [-0.15, -0.1) is 0 Å². The maximum atomic E-state index is 3.97. The number of H-pyrrole nitrogens is 1. The van der Waals surface area contributed by atoms with E-state index in [0.717, 1.165) is 15.4 Å². The zero-order valence-corrected chi connectivity index (χ0v) is 7.64. The van der Waals surface area contributed by atoms with Gasteiger partial charge in [-0.1, -0.05) is 22.0 Å². The summed E-state index contributed by atoms with van der Waals surface area (Å²) in [5, 5.41) is 8.06. The minimum absolute atomic E-state index is 1.09. The average Bonchev–Trinajstić information content (AvgIpc) is 2.45. The number of hydrogen-bond acceptors (Lipinski definition) is 1. The van der Waals surface area contributed by atoms with Gasteiger partial charge in [-0.2, -0.15) is 5.10 Å². The Morgan fingerprint density at radius 3 is 3.00 bits per heavy atom. The minimum Gasteiger partial charge on any atom is -0.278 e. The summed E-state index contributed by atoms with van der Waals surface area (Å²) < 4.78 is 1.09. The normalized spacial score (nSPS) is 10.7. The first kappa shape index (κ1) is 6.85. The fraction of sp³-hybridized carbons (Fsp3) is 0.125. The van der Waals surface area contributed by atoms with Gasteiger partial charge in [0.05, 0.1) is 11.7 Å². The Hall–Kier alpha value is -0.830. The second-order valence-electron chi connectivity index (χ2n) is 2.52. The molecule has 0 aliphatic rings. The lowest BCUT2D eigenvalue weighted by Crippen LogP contribution is -1.76. The molecule has 2 nitrogen and oxygen atoms in total. The molecule has 0 saturated carbocycles. The fourth-order valence-electron chi connectivity index (χ4n) is 1.14. The zero-order chi connectivity index (χ0) is 7.84. The van der Waals surface area contributed by atoms with Crippen molar-refractivity contribution in [2.75, 3.05) is 0 Å². The third kappa shape index (κ3) is 0.959. The van der Waals surface area contributed by atoms with E-state index >= 15 is 0 Å². The smallest absolute Gasteiger partial charge is 0.0690 e. The molecule has 2 rings (SSSR count). The van der Waals surface area contributed by atoms with Crippen LogP contribution in [0.15, 0.2) is 22.8 Å². The first-order valence-corrected chi connectivity index (χ1v) is 4.16. The van der Waals surface area contributed by atoms with E-state index in [9.17, 15) is 0 Å². The molecule has 3 heteroatoms. The van der Waals surface area contributed by atoms with E-state index in [4.69, 9.17) is 0 Å². The summed E-state index contributed by atoms with van der Waals surface area (Å²) in [7, 11) is 0. The molecule has 1 heterocycles. The Morgan fingerprint density at radius 2 is 2.27 bits per heavy atom. The highest BCUT2D eigenvalue weighted by molar-refractivity contribution is 9.10. The molecular weight excluding hydrogens is 204 g/mol. The highest BCUT2D eigenvalue weighted by Gasteiger charge is 2.01. The van der Waals surface area contributed by atoms with Crippen LogP contribution in [0, 0.1) is 6.92 Å². The summed E-state index contributed by atoms with van der Waals surface area (Å²) >= 11 is 3.45. The molecule has 1 N–H and O–H groups in total. The van der Waals surface area contributed by atoms with Crippen LogP contribution in [0.25, 0.3) is 10.9 Å². The van der Waals surface area contributed by atoms with Crippen LogP contribution in [-0.4, -0.2) is 10.2 Å². The molecule has 0 aliphatic heterocycles. The van der Waals surface area contributed by atoms with Crippen LogP contribution >= 0.6 is 15.9 Å². The number of rotatable bonds is 0. The highest BCUT2D eigenvalue weighted by atomic mass is 79.9. The van der Waals surface area contributed by atoms with Crippen molar-refractivity contribution in [1.82, 2.24) is 10.2 Å². The van der Waals surface area contributed by atoms with Gasteiger partial charge in [0, 0.05) is 9.86 Å². The monoisotopic (exact) mass is 210 g/mol. The average molecular weight is 211 g/mol. The first-order valence-electron chi connectivity index (χ1n) is 3.37. The first-order chi connectivity index (χ1) is 5.29. The van der Waals surface area contributed by atoms with Gasteiger partial charge in [0.1, 0.15) is 0 Å². The van der Waals surface area contributed by atoms with Gasteiger partial charge in [0.2, 0.25) is 0 Å². The molecule has 0 unspecified atom stereocenters. The molecule has 0 saturated heterocycles. The van der Waals surface area contributed by atoms with Crippen molar-refractivity contribution >= 4 is 26.8 Å². The standard InChI is InChI=1S/C8H7BrN2/c1-5-2-3-7(9)6-4-10-11-8(5)6/h2-4H,1H3,(H,10,11). The van der Waals surface area contributed by atoms with Crippen LogP contribution in [0.5, 0.6) is 0 Å². The summed E-state index contributed by atoms with van der Waals surface area (Å²) in [6.45, 7) is 2.06. The van der Waals surface area contributed by atoms with Gasteiger partial charge in [0.15, 0.2) is 0 Å². The molecule has 0 radical (unpaired) electrons. The quantitative estimate of drug-likeness (QED) is 0.712. The van der Waals surface area contributed by atoms with Gasteiger partial charge >= 0.3 is 0 Å². The van der Waals surface area contributed by atoms with Crippen LogP contribution < -0.4 is 0 Å². The molecule has 0 atom stereocenters. The second-order valence-corrected chi connectivity index (χ2v) is 3.38. The van der Waals surface area contributed by atoms with Gasteiger partial charge < -0.3 is 0 Å². The number of benzene rings is 1. The molecule has 56 valence electrons. The van der Waals surface area contributed by atoms with Crippen molar-refractivity contribution in [3.63, 3.8) is 0 Å². The van der Waals surface area contributed by atoms with Crippen LogP contribution in [0.2, 0.25) is 0 Å². The SMILES string of the molecule is Cc1ccc(Br)c2cn[nH]c12. The van der Waals surface area contributed by atoms with Crippen LogP contribution in [-0.2, 0) is 0 Å². The fourth-order valence-corrected chi connectivity index (χ4v) is 1.57. The van der Waals surface area contributed by atoms with Crippen LogP contribution in [0.3, 0.4) is 0 Å². The van der Waals surface area contributed by atoms with Crippen molar-refractivity contribution in [2.24, 2.45) is 0 Å². The maximum absolute atomic E-state index is 3.97. The second kappa shape index (κ2) is 2.34. The molecule has 0 fully saturated rings. The van der Waals surface area contributed by atoms with Crippen molar-refractivity contribution < 1.29 is 0 Å². The molecule has 11 heavy (non-hydrogen) atoms. The Balaban J connectivity index is 2.96. The zero-order valence-electron chi connectivity index (χ0n) is 6.06. The topological polar surface area (TPSA) is 28.7 Å². The lowest BCUT2D eigenvalue weighted by Gasteiger charge is -1.95. The maximum Gasteiger partial charge on any atom is 0.0690 e. The number of aromatic nitrogens is 2. The summed E-state index contributed by atoms with van der Waals surface area (Å²) in [4.78, 5) is 0. The largest absolute Gasteiger partial charge is 0.278 e. The number of nitrogens with one attached hydrogen (secondary N) is 1. The Morgan fingerprint density at radius 1 is 1.45 bits per heavy atom. The van der Waals surface area contributed by atoms with Crippen LogP contribution in [0.1, 0.15) is 5.56 Å². The van der Waals surface area contributed by atoms with Gasteiger partial charge in [-0.3, -0.25) is 5.10 Å². The number of fused-ring (bicyclic) bond motifs is 1. The Labute approximate surface area is 72.7 Å². The van der Waals surface area contributed by atoms with Gasteiger partial charge in [-0.25, -0.2) is 0 Å². The summed E-state index contributed by atoms with van der Waals surface area (Å²) in [6, 6.07) is 4.10. The molecule has 1 aromatic carbocycles. The Bertz CT molecular complexity index is 356. The summed E-state index contributed by atoms with van der Waals surface area (Å²) in [5.41, 5.74) is 2.33. The molecule has 2 aromatic rings. The molecule has 1 aromatic heterocycles. The summed E-state index contributed by atoms with van der Waals surface area (Å²) in [6.07, 6.45) is 1.83. The predicted octanol–water partition coefficient (Wildman–Crippen LogP) is 2.63. The van der Waals surface area contributed by atoms with E-state index in [1.807, 2.05) is 12.3 Å². The summed E-state index contributed by atoms with van der Waals surface area (Å²) in [5.74, 6) is 0. The van der Waals surface area contributed by atoms with E-state index in [-0.39, 0.29) is 0 Å². The molecule has 0 amide bonds. The third-order valence-corrected chi connectivity index (χ3v) is 2.46. The number of aromatic amines is 1. The van der Waals surface area contributed by atoms with Crippen molar-refractivity contribution in [3.8, 4) is 0 Å². The minimum atomic E-state index is 1.09. The number of nitrogens with zero attached hydrogens (tertiary/aromatic N) is 1. The molecule has 0 spiro atoms. The van der Waals surface area contributed by atoms with Crippen LogP contribution in [0.4, 0.5) is 0 Å². The van der Waals surface area contributed by atoms with Crippen molar-refractivity contribution in [1.29, 1.82) is 0 Å². The van der Waals surface area contributed by atoms with Gasteiger partial charge in [-0.05, 0) is 18.6 Å². The highest BCUT2D eigenvalue weighted by Crippen LogP contribution is 2.23. The predicted molar refractivity (Wildman–Crippen MR) is 48.5 cm³/mol. The molecular formula is C8H7BrN2. The lowest BCUT2D eigenvalue weighted by atomic mass is 10.2. The van der Waals surface area contributed by atoms with E-state index in [1.54, 1.807) is 0 Å². The lowest BCUT2D eigenvalue weighted by molar-refractivity contribution is 1.11. The molecule has 0 aliphatic carbocycles. The Kier molecular flexibility index (Phi) is 1.46. The number of aryl methyl sites for hydroxylation is 1. The van der Waals surface area contributed by atoms with Crippen molar-refractivity contribution in [2.45, 2.75) is 6.92 Å². The number of hydrogen-bond donors (Lipinski definition) is 1. The van der Waals surface area contributed by atoms with E-state index in [0.29, 0.717) is 0 Å². The third-order valence-electron chi connectivity index (χ3n) is 1.77. The van der Waals surface area contributed by atoms with E-state index in [2.05, 4.69) is 39.1 Å². The molecule has 0 bridgehead atoms. The van der Waals surface area contributed by atoms with Crippen molar-refractivity contribution in [3.05, 3.63) is 28.4 Å². The van der Waals surface area contributed by atoms with Gasteiger partial charge in [0.25, 0.3) is 0 Å². The van der Waals surface area contributed by atoms with E-state index in [1.165, 1.54) is 5.56 Å².